The number of carbonyl (C=O) groups excluding carboxylic acids is 2. The normalized spacial score (nSPS) is 11.0. The van der Waals surface area contributed by atoms with Gasteiger partial charge in [0.05, 0.1) is 34.5 Å². The number of nitrogens with zero attached hydrogens (tertiary/aromatic N) is 2. The molecule has 2 N–H and O–H groups in total. The Bertz CT molecular complexity index is 1950. The third-order valence-corrected chi connectivity index (χ3v) is 7.20. The molecule has 4 aromatic carbocycles. The molecule has 0 aliphatic rings. The number of nitriles is 1. The summed E-state index contributed by atoms with van der Waals surface area (Å²) in [5.74, 6) is -0.753. The van der Waals surface area contributed by atoms with Crippen molar-refractivity contribution >= 4 is 63.8 Å². The minimum absolute atomic E-state index is 0.150. The molecule has 0 aliphatic carbocycles. The number of para-hydroxylation sites is 1. The number of carbonyl (C=O) groups is 2. The highest BCUT2D eigenvalue weighted by molar-refractivity contribution is 6.36. The van der Waals surface area contributed by atoms with Gasteiger partial charge < -0.3 is 14.5 Å². The topological polar surface area (TPSA) is 117 Å². The van der Waals surface area contributed by atoms with E-state index in [-0.39, 0.29) is 27.8 Å². The van der Waals surface area contributed by atoms with Crippen LogP contribution in [-0.4, -0.2) is 29.7 Å². The van der Waals surface area contributed by atoms with E-state index in [1.807, 2.05) is 12.1 Å². The van der Waals surface area contributed by atoms with E-state index in [0.29, 0.717) is 49.8 Å². The fourth-order valence-corrected chi connectivity index (χ4v) is 5.13. The van der Waals surface area contributed by atoms with Crippen LogP contribution < -0.4 is 14.9 Å². The number of hydrazone groups is 1. The first-order valence-corrected chi connectivity index (χ1v) is 14.0. The highest BCUT2D eigenvalue weighted by Gasteiger charge is 2.22. The second kappa shape index (κ2) is 13.0. The zero-order valence-electron chi connectivity index (χ0n) is 22.5. The predicted molar refractivity (Wildman–Crippen MR) is 168 cm³/mol. The van der Waals surface area contributed by atoms with Crippen molar-refractivity contribution in [3.05, 3.63) is 116 Å². The van der Waals surface area contributed by atoms with Crippen molar-refractivity contribution < 1.29 is 19.1 Å². The van der Waals surface area contributed by atoms with Gasteiger partial charge in [0, 0.05) is 26.6 Å². The maximum Gasteiger partial charge on any atom is 0.345 e. The quantitative estimate of drug-likeness (QED) is 0.0778. The number of esters is 1. The van der Waals surface area contributed by atoms with Crippen LogP contribution in [0.3, 0.4) is 0 Å². The molecule has 8 nitrogen and oxygen atoms in total. The summed E-state index contributed by atoms with van der Waals surface area (Å²) in [7, 11) is 0. The van der Waals surface area contributed by atoms with Crippen LogP contribution in [0, 0.1) is 11.3 Å². The number of halogens is 3. The van der Waals surface area contributed by atoms with Gasteiger partial charge in [-0.15, -0.1) is 0 Å². The zero-order valence-corrected chi connectivity index (χ0v) is 24.7. The Hall–Kier alpha value is -4.81. The van der Waals surface area contributed by atoms with Crippen molar-refractivity contribution in [3.8, 4) is 28.7 Å². The van der Waals surface area contributed by atoms with Crippen LogP contribution in [0.5, 0.6) is 11.5 Å². The van der Waals surface area contributed by atoms with Gasteiger partial charge in [0.2, 0.25) is 0 Å². The van der Waals surface area contributed by atoms with Gasteiger partial charge >= 0.3 is 5.97 Å². The molecule has 0 atom stereocenters. The second-order valence-electron chi connectivity index (χ2n) is 9.05. The average Bonchev–Trinajstić information content (AvgIpc) is 3.38. The van der Waals surface area contributed by atoms with E-state index in [1.54, 1.807) is 55.5 Å². The van der Waals surface area contributed by atoms with Gasteiger partial charge in [-0.2, -0.15) is 10.4 Å². The van der Waals surface area contributed by atoms with Crippen LogP contribution in [0.4, 0.5) is 0 Å². The summed E-state index contributed by atoms with van der Waals surface area (Å²) < 4.78 is 11.2. The van der Waals surface area contributed by atoms with Crippen LogP contribution in [0.25, 0.3) is 22.0 Å². The molecule has 1 heterocycles. The van der Waals surface area contributed by atoms with E-state index in [0.717, 1.165) is 0 Å². The average molecular weight is 632 g/mol. The molecule has 0 fully saturated rings. The van der Waals surface area contributed by atoms with Gasteiger partial charge in [-0.1, -0.05) is 65.1 Å². The van der Waals surface area contributed by atoms with Crippen LogP contribution >= 0.6 is 34.8 Å². The van der Waals surface area contributed by atoms with Crippen molar-refractivity contribution in [3.63, 3.8) is 0 Å². The highest BCUT2D eigenvalue weighted by atomic mass is 35.5. The van der Waals surface area contributed by atoms with Gasteiger partial charge in [0.1, 0.15) is 11.8 Å². The van der Waals surface area contributed by atoms with Crippen molar-refractivity contribution in [1.29, 1.82) is 5.26 Å². The van der Waals surface area contributed by atoms with Crippen molar-refractivity contribution in [2.75, 3.05) is 6.61 Å². The van der Waals surface area contributed by atoms with E-state index in [4.69, 9.17) is 44.3 Å². The summed E-state index contributed by atoms with van der Waals surface area (Å²) in [6.07, 6.45) is 1.42. The number of aromatic amines is 1. The van der Waals surface area contributed by atoms with Gasteiger partial charge in [-0.3, -0.25) is 4.79 Å². The molecular weight excluding hydrogens is 611 g/mol. The molecule has 11 heteroatoms. The summed E-state index contributed by atoms with van der Waals surface area (Å²) in [6, 6.07) is 23.8. The van der Waals surface area contributed by atoms with Crippen LogP contribution in [-0.2, 0) is 0 Å². The lowest BCUT2D eigenvalue weighted by atomic mass is 10.0. The summed E-state index contributed by atoms with van der Waals surface area (Å²) >= 11 is 18.6. The molecule has 0 spiro atoms. The largest absolute Gasteiger partial charge is 0.490 e. The smallest absolute Gasteiger partial charge is 0.345 e. The van der Waals surface area contributed by atoms with E-state index < -0.39 is 11.9 Å². The van der Waals surface area contributed by atoms with Crippen molar-refractivity contribution in [2.24, 2.45) is 5.10 Å². The third-order valence-electron chi connectivity index (χ3n) is 6.33. The lowest BCUT2D eigenvalue weighted by Crippen LogP contribution is -2.19. The first-order chi connectivity index (χ1) is 20.8. The Morgan fingerprint density at radius 1 is 0.977 bits per heavy atom. The number of aromatic nitrogens is 1. The maximum absolute atomic E-state index is 13.4. The number of rotatable bonds is 8. The Morgan fingerprint density at radius 2 is 1.79 bits per heavy atom. The van der Waals surface area contributed by atoms with E-state index >= 15 is 0 Å². The minimum Gasteiger partial charge on any atom is -0.490 e. The van der Waals surface area contributed by atoms with Gasteiger partial charge in [-0.05, 0) is 61.0 Å². The fraction of sp³-hybridized carbons (Fsp3) is 0.0625. The molecule has 1 amide bonds. The predicted octanol–water partition coefficient (Wildman–Crippen LogP) is 8.05. The van der Waals surface area contributed by atoms with Gasteiger partial charge in [0.15, 0.2) is 11.5 Å². The number of amides is 1. The Morgan fingerprint density at radius 3 is 2.53 bits per heavy atom. The second-order valence-corrected chi connectivity index (χ2v) is 10.3. The molecule has 43 heavy (non-hydrogen) atoms. The standard InChI is InChI=1S/C32H21Cl3N4O4/c1-2-42-27-14-18(10-13-26(27)43-32(41)22-12-11-20(33)15-25(22)35)17-37-39-31(40)30-28(21-7-3-4-9-24(21)34)23-8-5-6-19(16-36)29(23)38-30/h3-15,17,38H,2H2,1H3,(H,39,40). The number of benzene rings is 4. The minimum atomic E-state index is -0.677. The lowest BCUT2D eigenvalue weighted by Gasteiger charge is -2.12. The molecule has 0 saturated carbocycles. The highest BCUT2D eigenvalue weighted by Crippen LogP contribution is 2.37. The number of hydrogen-bond acceptors (Lipinski definition) is 6. The molecule has 0 radical (unpaired) electrons. The monoisotopic (exact) mass is 630 g/mol. The number of nitrogens with one attached hydrogen (secondary N) is 2. The lowest BCUT2D eigenvalue weighted by molar-refractivity contribution is 0.0728. The molecule has 1 aromatic heterocycles. The molecule has 5 aromatic rings. The summed E-state index contributed by atoms with van der Waals surface area (Å²) in [6.45, 7) is 2.09. The number of hydrogen-bond donors (Lipinski definition) is 2. The number of fused-ring (bicyclic) bond motifs is 1. The van der Waals surface area contributed by atoms with Crippen LogP contribution in [0.1, 0.15) is 38.9 Å². The van der Waals surface area contributed by atoms with E-state index in [2.05, 4.69) is 21.6 Å². The number of ether oxygens (including phenoxy) is 2. The van der Waals surface area contributed by atoms with Crippen molar-refractivity contribution in [2.45, 2.75) is 6.92 Å². The van der Waals surface area contributed by atoms with Crippen LogP contribution in [0.2, 0.25) is 15.1 Å². The molecule has 0 aliphatic heterocycles. The molecule has 0 unspecified atom stereocenters. The summed E-state index contributed by atoms with van der Waals surface area (Å²) in [5.41, 5.74) is 5.51. The van der Waals surface area contributed by atoms with Gasteiger partial charge in [0.25, 0.3) is 5.91 Å². The van der Waals surface area contributed by atoms with E-state index in [9.17, 15) is 14.9 Å². The maximum atomic E-state index is 13.4. The van der Waals surface area contributed by atoms with Crippen molar-refractivity contribution in [1.82, 2.24) is 10.4 Å². The Balaban J connectivity index is 1.40. The SMILES string of the molecule is CCOc1cc(C=NNC(=O)c2[nH]c3c(C#N)cccc3c2-c2ccccc2Cl)ccc1OC(=O)c1ccc(Cl)cc1Cl. The number of H-pyrrole nitrogens is 1. The molecule has 5 rings (SSSR count). The Labute approximate surface area is 261 Å². The third kappa shape index (κ3) is 6.35. The van der Waals surface area contributed by atoms with Crippen LogP contribution in [0.15, 0.2) is 84.0 Å². The van der Waals surface area contributed by atoms with Gasteiger partial charge in [-0.25, -0.2) is 10.2 Å². The zero-order chi connectivity index (χ0) is 30.5. The van der Waals surface area contributed by atoms with E-state index in [1.165, 1.54) is 24.4 Å². The summed E-state index contributed by atoms with van der Waals surface area (Å²) in [5, 5.41) is 15.4. The first kappa shape index (κ1) is 29.7. The molecule has 214 valence electrons. The molecule has 0 bridgehead atoms. The first-order valence-electron chi connectivity index (χ1n) is 12.9. The Kier molecular flexibility index (Phi) is 8.98. The summed E-state index contributed by atoms with van der Waals surface area (Å²) in [4.78, 5) is 29.1. The fourth-order valence-electron chi connectivity index (χ4n) is 4.41. The molecular formula is C32H21Cl3N4O4. The molecule has 0 saturated heterocycles.